The average Bonchev–Trinajstić information content (AvgIpc) is 3.10. The van der Waals surface area contributed by atoms with Gasteiger partial charge in [0, 0.05) is 16.6 Å². The van der Waals surface area contributed by atoms with Crippen molar-refractivity contribution < 1.29 is 13.2 Å². The molecular weight excluding hydrogens is 384 g/mol. The lowest BCUT2D eigenvalue weighted by atomic mass is 9.96. The molecule has 5 rings (SSSR count). The number of hydrogen-bond donors (Lipinski definition) is 1. The zero-order valence-electron chi connectivity index (χ0n) is 16.9. The van der Waals surface area contributed by atoms with E-state index in [4.69, 9.17) is 4.74 Å². The molecule has 0 saturated heterocycles. The fourth-order valence-corrected chi connectivity index (χ4v) is 6.06. The summed E-state index contributed by atoms with van der Waals surface area (Å²) >= 11 is 0. The minimum absolute atomic E-state index is 0.149. The third-order valence-electron chi connectivity index (χ3n) is 6.16. The molecule has 0 unspecified atom stereocenters. The molecule has 29 heavy (non-hydrogen) atoms. The first kappa shape index (κ1) is 18.6. The lowest BCUT2D eigenvalue weighted by Crippen LogP contribution is -2.43. The van der Waals surface area contributed by atoms with E-state index in [2.05, 4.69) is 4.98 Å². The fraction of sp³-hybridized carbons (Fsp3) is 0.391. The Balaban J connectivity index is 1.63. The van der Waals surface area contributed by atoms with E-state index >= 15 is 0 Å². The molecule has 1 aliphatic heterocycles. The highest BCUT2D eigenvalue weighted by Gasteiger charge is 2.34. The molecular formula is C23H26N2O3S. The highest BCUT2D eigenvalue weighted by atomic mass is 32.2. The van der Waals surface area contributed by atoms with E-state index in [9.17, 15) is 8.42 Å². The van der Waals surface area contributed by atoms with E-state index in [0.717, 1.165) is 42.1 Å². The first-order valence-electron chi connectivity index (χ1n) is 10.4. The van der Waals surface area contributed by atoms with Crippen LogP contribution in [0, 0.1) is 6.92 Å². The topological polar surface area (TPSA) is 62.4 Å². The molecule has 0 fully saturated rings. The second-order valence-electron chi connectivity index (χ2n) is 8.15. The molecule has 1 N–H and O–H groups in total. The van der Waals surface area contributed by atoms with E-state index in [-0.39, 0.29) is 6.10 Å². The van der Waals surface area contributed by atoms with Gasteiger partial charge in [-0.2, -0.15) is 0 Å². The molecule has 6 heteroatoms. The highest BCUT2D eigenvalue weighted by Crippen LogP contribution is 2.39. The summed E-state index contributed by atoms with van der Waals surface area (Å²) in [7, 11) is -3.69. The quantitative estimate of drug-likeness (QED) is 0.679. The number of sulfonamides is 1. The van der Waals surface area contributed by atoms with Crippen LogP contribution in [0.15, 0.2) is 41.3 Å². The number of fused-ring (bicyclic) bond motifs is 4. The average molecular weight is 411 g/mol. The van der Waals surface area contributed by atoms with Crippen LogP contribution in [-0.2, 0) is 22.9 Å². The molecule has 152 valence electrons. The zero-order chi connectivity index (χ0) is 20.2. The Morgan fingerprint density at radius 2 is 1.97 bits per heavy atom. The number of anilines is 1. The molecule has 0 amide bonds. The number of aromatic amines is 1. The lowest BCUT2D eigenvalue weighted by molar-refractivity contribution is 0.195. The first-order chi connectivity index (χ1) is 14.0. The van der Waals surface area contributed by atoms with Gasteiger partial charge in [0.05, 0.1) is 17.1 Å². The van der Waals surface area contributed by atoms with Gasteiger partial charge < -0.3 is 9.72 Å². The van der Waals surface area contributed by atoms with Crippen LogP contribution >= 0.6 is 0 Å². The van der Waals surface area contributed by atoms with Crippen molar-refractivity contribution in [1.29, 1.82) is 0 Å². The maximum Gasteiger partial charge on any atom is 0.264 e. The lowest BCUT2D eigenvalue weighted by Gasteiger charge is -2.35. The van der Waals surface area contributed by atoms with Crippen LogP contribution in [-0.4, -0.2) is 26.1 Å². The van der Waals surface area contributed by atoms with Gasteiger partial charge in [-0.1, -0.05) is 13.0 Å². The van der Waals surface area contributed by atoms with Crippen LogP contribution in [0.1, 0.15) is 43.0 Å². The summed E-state index contributed by atoms with van der Waals surface area (Å²) in [5.41, 5.74) is 5.22. The maximum atomic E-state index is 13.7. The minimum Gasteiger partial charge on any atom is -0.486 e. The molecule has 0 saturated carbocycles. The van der Waals surface area contributed by atoms with Gasteiger partial charge in [-0.3, -0.25) is 4.31 Å². The van der Waals surface area contributed by atoms with Crippen molar-refractivity contribution in [2.45, 2.75) is 57.0 Å². The minimum atomic E-state index is -3.69. The number of ether oxygens (including phenoxy) is 1. The van der Waals surface area contributed by atoms with Crippen molar-refractivity contribution in [3.63, 3.8) is 0 Å². The van der Waals surface area contributed by atoms with Crippen molar-refractivity contribution in [1.82, 2.24) is 4.98 Å². The van der Waals surface area contributed by atoms with E-state index < -0.39 is 10.0 Å². The number of benzene rings is 2. The number of H-pyrrole nitrogens is 1. The number of rotatable bonds is 3. The molecule has 0 bridgehead atoms. The Bertz CT molecular complexity index is 1200. The summed E-state index contributed by atoms with van der Waals surface area (Å²) in [6.07, 6.45) is 5.00. The standard InChI is InChI=1S/C23H26N2O3S/c1-3-16-14-25(22-12-15(2)8-11-23(22)28-16)29(26,27)17-9-10-21-19(13-17)18-6-4-5-7-20(18)24-21/h8-13,16,24H,3-7,14H2,1-2H3/t16-/m0/s1. The molecule has 5 nitrogen and oxygen atoms in total. The maximum absolute atomic E-state index is 13.7. The summed E-state index contributed by atoms with van der Waals surface area (Å²) < 4.78 is 35.0. The van der Waals surface area contributed by atoms with Crippen molar-refractivity contribution in [2.24, 2.45) is 0 Å². The largest absolute Gasteiger partial charge is 0.486 e. The third-order valence-corrected chi connectivity index (χ3v) is 7.93. The monoisotopic (exact) mass is 410 g/mol. The van der Waals surface area contributed by atoms with Crippen LogP contribution in [0.5, 0.6) is 5.75 Å². The van der Waals surface area contributed by atoms with Gasteiger partial charge in [0.15, 0.2) is 0 Å². The van der Waals surface area contributed by atoms with Crippen LogP contribution in [0.4, 0.5) is 5.69 Å². The molecule has 2 heterocycles. The Labute approximate surface area is 171 Å². The SMILES string of the molecule is CC[C@H]1CN(S(=O)(=O)c2ccc3[nH]c4c(c3c2)CCCC4)c2cc(C)ccc2O1. The third kappa shape index (κ3) is 3.01. The van der Waals surface area contributed by atoms with E-state index in [1.54, 1.807) is 6.07 Å². The van der Waals surface area contributed by atoms with Crippen LogP contribution in [0.25, 0.3) is 10.9 Å². The summed E-state index contributed by atoms with van der Waals surface area (Å²) in [6, 6.07) is 11.2. The van der Waals surface area contributed by atoms with Gasteiger partial charge in [-0.15, -0.1) is 0 Å². The van der Waals surface area contributed by atoms with Crippen LogP contribution in [0.2, 0.25) is 0 Å². The van der Waals surface area contributed by atoms with Gasteiger partial charge in [-0.05, 0) is 80.5 Å². The van der Waals surface area contributed by atoms with Crippen LogP contribution in [0.3, 0.4) is 0 Å². The molecule has 2 aromatic carbocycles. The Hall–Kier alpha value is -2.47. The van der Waals surface area contributed by atoms with Crippen molar-refractivity contribution in [2.75, 3.05) is 10.8 Å². The predicted octanol–water partition coefficient (Wildman–Crippen LogP) is 4.72. The highest BCUT2D eigenvalue weighted by molar-refractivity contribution is 7.92. The number of hydrogen-bond acceptors (Lipinski definition) is 3. The Kier molecular flexibility index (Phi) is 4.35. The number of aromatic nitrogens is 1. The second-order valence-corrected chi connectivity index (χ2v) is 10.0. The van der Waals surface area contributed by atoms with E-state index in [1.807, 2.05) is 44.2 Å². The Morgan fingerprint density at radius 3 is 2.79 bits per heavy atom. The first-order valence-corrected chi connectivity index (χ1v) is 11.8. The zero-order valence-corrected chi connectivity index (χ0v) is 17.7. The van der Waals surface area contributed by atoms with Crippen molar-refractivity contribution >= 4 is 26.6 Å². The molecule has 0 spiro atoms. The molecule has 0 radical (unpaired) electrons. The smallest absolute Gasteiger partial charge is 0.264 e. The Morgan fingerprint density at radius 1 is 1.14 bits per heavy atom. The van der Waals surface area contributed by atoms with Crippen LogP contribution < -0.4 is 9.04 Å². The number of aryl methyl sites for hydroxylation is 3. The summed E-state index contributed by atoms with van der Waals surface area (Å²) in [5, 5.41) is 1.05. The molecule has 1 atom stereocenters. The van der Waals surface area contributed by atoms with Crippen molar-refractivity contribution in [3.05, 3.63) is 53.2 Å². The fourth-order valence-electron chi connectivity index (χ4n) is 4.53. The predicted molar refractivity (Wildman–Crippen MR) is 115 cm³/mol. The van der Waals surface area contributed by atoms with Gasteiger partial charge in [0.25, 0.3) is 10.0 Å². The summed E-state index contributed by atoms with van der Waals surface area (Å²) in [5.74, 6) is 0.636. The van der Waals surface area contributed by atoms with Gasteiger partial charge in [0.2, 0.25) is 0 Å². The number of nitrogens with zero attached hydrogens (tertiary/aromatic N) is 1. The molecule has 1 aromatic heterocycles. The molecule has 2 aliphatic rings. The van der Waals surface area contributed by atoms with Gasteiger partial charge >= 0.3 is 0 Å². The van der Waals surface area contributed by atoms with Crippen molar-refractivity contribution in [3.8, 4) is 5.75 Å². The van der Waals surface area contributed by atoms with E-state index in [0.29, 0.717) is 22.9 Å². The summed E-state index contributed by atoms with van der Waals surface area (Å²) in [6.45, 7) is 4.32. The molecule has 3 aromatic rings. The molecule has 1 aliphatic carbocycles. The number of nitrogens with one attached hydrogen (secondary N) is 1. The van der Waals surface area contributed by atoms with E-state index in [1.165, 1.54) is 22.0 Å². The normalized spacial score (nSPS) is 19.0. The van der Waals surface area contributed by atoms with Gasteiger partial charge in [-0.25, -0.2) is 8.42 Å². The summed E-state index contributed by atoms with van der Waals surface area (Å²) in [4.78, 5) is 3.83. The second kappa shape index (κ2) is 6.80. The van der Waals surface area contributed by atoms with Gasteiger partial charge in [0.1, 0.15) is 11.9 Å².